The Balaban J connectivity index is 1.95. The normalized spacial score (nSPS) is 33.0. The van der Waals surface area contributed by atoms with E-state index in [4.69, 9.17) is 9.47 Å². The zero-order valence-electron chi connectivity index (χ0n) is 12.4. The number of piperidine rings is 1. The Hall–Kier alpha value is -0.690. The lowest BCUT2D eigenvalue weighted by atomic mass is 9.78. The molecule has 0 aliphatic carbocycles. The molecule has 0 saturated carbocycles. The Kier molecular flexibility index (Phi) is 5.01. The van der Waals surface area contributed by atoms with Crippen LogP contribution in [-0.2, 0) is 14.3 Å². The fraction of sp³-hybridized carbons (Fsp3) is 0.929. The van der Waals surface area contributed by atoms with Gasteiger partial charge in [-0.1, -0.05) is 0 Å². The third-order valence-electron chi connectivity index (χ3n) is 4.68. The molecule has 2 rings (SSSR count). The molecule has 2 saturated heterocycles. The maximum absolute atomic E-state index is 12.5. The van der Waals surface area contributed by atoms with Gasteiger partial charge in [-0.15, -0.1) is 0 Å². The summed E-state index contributed by atoms with van der Waals surface area (Å²) < 4.78 is 10.6. The van der Waals surface area contributed by atoms with Crippen LogP contribution in [0.2, 0.25) is 0 Å². The molecule has 2 aliphatic heterocycles. The van der Waals surface area contributed by atoms with E-state index in [1.807, 2.05) is 6.92 Å². The molecular formula is C14H26N2O4. The van der Waals surface area contributed by atoms with Gasteiger partial charge in [0.25, 0.3) is 0 Å². The van der Waals surface area contributed by atoms with E-state index in [2.05, 4.69) is 10.6 Å². The number of rotatable bonds is 5. The molecule has 6 heteroatoms. The Bertz CT molecular complexity index is 339. The summed E-state index contributed by atoms with van der Waals surface area (Å²) in [5, 5.41) is 16.6. The predicted octanol–water partition coefficient (Wildman–Crippen LogP) is -0.341. The van der Waals surface area contributed by atoms with E-state index in [9.17, 15) is 9.90 Å². The van der Waals surface area contributed by atoms with Crippen LogP contribution in [0.1, 0.15) is 26.2 Å². The van der Waals surface area contributed by atoms with Crippen LogP contribution < -0.4 is 10.6 Å². The van der Waals surface area contributed by atoms with Gasteiger partial charge in [0.2, 0.25) is 5.91 Å². The summed E-state index contributed by atoms with van der Waals surface area (Å²) in [5.74, 6) is -0.0200. The van der Waals surface area contributed by atoms with E-state index in [1.165, 1.54) is 0 Å². The molecule has 0 aromatic carbocycles. The highest BCUT2D eigenvalue weighted by atomic mass is 16.5. The number of methoxy groups -OCH3 is 1. The minimum absolute atomic E-state index is 0.0200. The van der Waals surface area contributed by atoms with Gasteiger partial charge < -0.3 is 25.2 Å². The van der Waals surface area contributed by atoms with Gasteiger partial charge in [0.05, 0.1) is 18.1 Å². The van der Waals surface area contributed by atoms with Crippen molar-refractivity contribution in [3.05, 3.63) is 0 Å². The molecule has 0 spiro atoms. The lowest BCUT2D eigenvalue weighted by Gasteiger charge is -2.36. The summed E-state index contributed by atoms with van der Waals surface area (Å²) in [6.45, 7) is 4.69. The molecule has 0 aromatic heterocycles. The summed E-state index contributed by atoms with van der Waals surface area (Å²) in [6, 6.07) is 0. The highest BCUT2D eigenvalue weighted by Gasteiger charge is 2.43. The van der Waals surface area contributed by atoms with Gasteiger partial charge in [0.15, 0.2) is 0 Å². The number of amides is 1. The molecule has 0 aromatic rings. The molecule has 116 valence electrons. The molecule has 3 N–H and O–H groups in total. The quantitative estimate of drug-likeness (QED) is 0.644. The zero-order valence-corrected chi connectivity index (χ0v) is 12.4. The average molecular weight is 286 g/mol. The van der Waals surface area contributed by atoms with Crippen LogP contribution in [0.15, 0.2) is 0 Å². The number of ether oxygens (including phenoxy) is 2. The standard InChI is InChI=1S/C14H26N2O4/c1-11-14(18,5-8-20-11)9-16-12(17)13(10-19-2)3-6-15-7-4-13/h11,15,18H,3-10H2,1-2H3,(H,16,17). The molecule has 6 nitrogen and oxygen atoms in total. The largest absolute Gasteiger partial charge is 0.385 e. The summed E-state index contributed by atoms with van der Waals surface area (Å²) in [4.78, 5) is 12.5. The molecule has 1 amide bonds. The van der Waals surface area contributed by atoms with Crippen LogP contribution >= 0.6 is 0 Å². The Morgan fingerprint density at radius 3 is 2.70 bits per heavy atom. The van der Waals surface area contributed by atoms with Gasteiger partial charge in [-0.25, -0.2) is 0 Å². The summed E-state index contributed by atoms with van der Waals surface area (Å²) in [7, 11) is 1.62. The third-order valence-corrected chi connectivity index (χ3v) is 4.68. The van der Waals surface area contributed by atoms with Crippen molar-refractivity contribution < 1.29 is 19.4 Å². The van der Waals surface area contributed by atoms with Crippen molar-refractivity contribution in [1.29, 1.82) is 0 Å². The molecule has 0 bridgehead atoms. The van der Waals surface area contributed by atoms with Gasteiger partial charge in [0.1, 0.15) is 5.60 Å². The molecular weight excluding hydrogens is 260 g/mol. The first kappa shape index (κ1) is 15.7. The number of hydrogen-bond donors (Lipinski definition) is 3. The molecule has 2 fully saturated rings. The van der Waals surface area contributed by atoms with Crippen molar-refractivity contribution in [1.82, 2.24) is 10.6 Å². The van der Waals surface area contributed by atoms with Crippen molar-refractivity contribution >= 4 is 5.91 Å². The van der Waals surface area contributed by atoms with E-state index in [-0.39, 0.29) is 18.6 Å². The van der Waals surface area contributed by atoms with Crippen molar-refractivity contribution in [3.8, 4) is 0 Å². The molecule has 2 aliphatic rings. The SMILES string of the molecule is COCC1(C(=O)NCC2(O)CCOC2C)CCNCC1. The first-order valence-electron chi connectivity index (χ1n) is 7.34. The maximum Gasteiger partial charge on any atom is 0.228 e. The van der Waals surface area contributed by atoms with Crippen molar-refractivity contribution in [2.24, 2.45) is 5.41 Å². The van der Waals surface area contributed by atoms with Crippen molar-refractivity contribution in [2.75, 3.05) is 40.0 Å². The van der Waals surface area contributed by atoms with Gasteiger partial charge in [0, 0.05) is 26.7 Å². The lowest BCUT2D eigenvalue weighted by Crippen LogP contribution is -2.54. The number of hydrogen-bond acceptors (Lipinski definition) is 5. The second-order valence-corrected chi connectivity index (χ2v) is 6.01. The Morgan fingerprint density at radius 2 is 2.15 bits per heavy atom. The van der Waals surface area contributed by atoms with Crippen molar-refractivity contribution in [3.63, 3.8) is 0 Å². The summed E-state index contributed by atoms with van der Waals surface area (Å²) >= 11 is 0. The van der Waals surface area contributed by atoms with E-state index < -0.39 is 11.0 Å². The van der Waals surface area contributed by atoms with Crippen LogP contribution in [0.5, 0.6) is 0 Å². The summed E-state index contributed by atoms with van der Waals surface area (Å²) in [5.41, 5.74) is -1.42. The number of aliphatic hydroxyl groups is 1. The third kappa shape index (κ3) is 3.14. The van der Waals surface area contributed by atoms with E-state index in [0.717, 1.165) is 25.9 Å². The van der Waals surface area contributed by atoms with E-state index >= 15 is 0 Å². The van der Waals surface area contributed by atoms with Crippen LogP contribution in [-0.4, -0.2) is 62.7 Å². The number of nitrogens with one attached hydrogen (secondary N) is 2. The topological polar surface area (TPSA) is 79.8 Å². The number of carbonyl (C=O) groups excluding carboxylic acids is 1. The van der Waals surface area contributed by atoms with Crippen molar-refractivity contribution in [2.45, 2.75) is 37.9 Å². The predicted molar refractivity (Wildman–Crippen MR) is 74.4 cm³/mol. The van der Waals surface area contributed by atoms with E-state index in [0.29, 0.717) is 19.6 Å². The smallest absolute Gasteiger partial charge is 0.228 e. The monoisotopic (exact) mass is 286 g/mol. The minimum atomic E-state index is -0.948. The lowest BCUT2D eigenvalue weighted by molar-refractivity contribution is -0.138. The Labute approximate surface area is 120 Å². The van der Waals surface area contributed by atoms with Gasteiger partial charge in [-0.2, -0.15) is 0 Å². The van der Waals surface area contributed by atoms with Crippen LogP contribution in [0.25, 0.3) is 0 Å². The van der Waals surface area contributed by atoms with Crippen LogP contribution in [0.4, 0.5) is 0 Å². The van der Waals surface area contributed by atoms with Crippen LogP contribution in [0, 0.1) is 5.41 Å². The second-order valence-electron chi connectivity index (χ2n) is 6.01. The minimum Gasteiger partial charge on any atom is -0.385 e. The molecule has 2 heterocycles. The fourth-order valence-electron chi connectivity index (χ4n) is 3.04. The molecule has 2 atom stereocenters. The van der Waals surface area contributed by atoms with Gasteiger partial charge >= 0.3 is 0 Å². The van der Waals surface area contributed by atoms with Gasteiger partial charge in [-0.3, -0.25) is 4.79 Å². The maximum atomic E-state index is 12.5. The highest BCUT2D eigenvalue weighted by molar-refractivity contribution is 5.83. The molecule has 20 heavy (non-hydrogen) atoms. The van der Waals surface area contributed by atoms with Gasteiger partial charge in [-0.05, 0) is 32.9 Å². The fourth-order valence-corrected chi connectivity index (χ4v) is 3.04. The first-order valence-corrected chi connectivity index (χ1v) is 7.34. The first-order chi connectivity index (χ1) is 9.52. The zero-order chi connectivity index (χ0) is 14.6. The molecule has 2 unspecified atom stereocenters. The second kappa shape index (κ2) is 6.39. The number of carbonyl (C=O) groups is 1. The Morgan fingerprint density at radius 1 is 1.45 bits per heavy atom. The highest BCUT2D eigenvalue weighted by Crippen LogP contribution is 2.30. The van der Waals surface area contributed by atoms with E-state index in [1.54, 1.807) is 7.11 Å². The average Bonchev–Trinajstić information content (AvgIpc) is 2.78. The summed E-state index contributed by atoms with van der Waals surface area (Å²) in [6.07, 6.45) is 1.84. The molecule has 0 radical (unpaired) electrons. The van der Waals surface area contributed by atoms with Crippen LogP contribution in [0.3, 0.4) is 0 Å².